The van der Waals surface area contributed by atoms with Crippen molar-refractivity contribution in [3.05, 3.63) is 98.4 Å². The minimum absolute atomic E-state index is 0.474. The number of halogens is 3. The standard InChI is InChI=1S/C27H21F3N4S/c1-16-32-33-23-15-31-25(24-21-3-2-4-22(21)35-26(24)34(16)23)19-11-7-17(8-12-19)5-6-18-9-13-20(14-10-18)27(28,29)30/h5-14H,2-4,15H2,1H3/b6-5+. The van der Waals surface area contributed by atoms with Gasteiger partial charge in [0, 0.05) is 16.0 Å². The SMILES string of the molecule is Cc1nnc2n1-c1sc3c(c1C(c1ccc(/C=C/c4ccc(C(F)(F)F)cc4)cc1)=NC2)CCC3. The van der Waals surface area contributed by atoms with Gasteiger partial charge in [-0.15, -0.1) is 21.5 Å². The van der Waals surface area contributed by atoms with Gasteiger partial charge >= 0.3 is 6.18 Å². The van der Waals surface area contributed by atoms with Gasteiger partial charge in [0.25, 0.3) is 0 Å². The zero-order chi connectivity index (χ0) is 24.2. The van der Waals surface area contributed by atoms with Crippen LogP contribution in [0.15, 0.2) is 53.5 Å². The van der Waals surface area contributed by atoms with Crippen LogP contribution in [0.3, 0.4) is 0 Å². The van der Waals surface area contributed by atoms with Crippen LogP contribution in [0.1, 0.15) is 56.3 Å². The lowest BCUT2D eigenvalue weighted by Gasteiger charge is -2.10. The van der Waals surface area contributed by atoms with Crippen LogP contribution in [0.2, 0.25) is 0 Å². The van der Waals surface area contributed by atoms with Gasteiger partial charge in [-0.05, 0) is 55.0 Å². The van der Waals surface area contributed by atoms with Crippen LogP contribution in [-0.2, 0) is 25.6 Å². The molecule has 1 aliphatic carbocycles. The fourth-order valence-corrected chi connectivity index (χ4v) is 6.21. The van der Waals surface area contributed by atoms with Crippen molar-refractivity contribution in [1.29, 1.82) is 0 Å². The third-order valence-corrected chi connectivity index (χ3v) is 7.78. The number of alkyl halides is 3. The summed E-state index contributed by atoms with van der Waals surface area (Å²) in [6, 6.07) is 13.3. The summed E-state index contributed by atoms with van der Waals surface area (Å²) in [6.45, 7) is 2.45. The highest BCUT2D eigenvalue weighted by Crippen LogP contribution is 2.41. The van der Waals surface area contributed by atoms with Crippen molar-refractivity contribution >= 4 is 29.2 Å². The summed E-state index contributed by atoms with van der Waals surface area (Å²) in [5.41, 5.74) is 5.67. The van der Waals surface area contributed by atoms with Crippen molar-refractivity contribution in [1.82, 2.24) is 14.8 Å². The Morgan fingerprint density at radius 1 is 0.914 bits per heavy atom. The fraction of sp³-hybridized carbons (Fsp3) is 0.222. The van der Waals surface area contributed by atoms with Crippen LogP contribution >= 0.6 is 11.3 Å². The number of aryl methyl sites for hydroxylation is 2. The predicted molar refractivity (Wildman–Crippen MR) is 132 cm³/mol. The maximum absolute atomic E-state index is 12.8. The third-order valence-electron chi connectivity index (χ3n) is 6.50. The molecule has 0 radical (unpaired) electrons. The van der Waals surface area contributed by atoms with Crippen LogP contribution in [-0.4, -0.2) is 20.5 Å². The molecular formula is C27H21F3N4S. The van der Waals surface area contributed by atoms with Crippen molar-refractivity contribution in [2.75, 3.05) is 0 Å². The molecule has 0 spiro atoms. The van der Waals surface area contributed by atoms with Crippen LogP contribution in [0, 0.1) is 6.92 Å². The highest BCUT2D eigenvalue weighted by molar-refractivity contribution is 7.15. The first kappa shape index (κ1) is 22.0. The molecule has 1 aliphatic heterocycles. The Labute approximate surface area is 204 Å². The smallest absolute Gasteiger partial charge is 0.276 e. The molecule has 0 saturated carbocycles. The Bertz CT molecular complexity index is 1470. The van der Waals surface area contributed by atoms with Crippen LogP contribution in [0.25, 0.3) is 17.2 Å². The minimum atomic E-state index is -4.32. The topological polar surface area (TPSA) is 43.1 Å². The molecule has 2 aromatic heterocycles. The molecule has 6 rings (SSSR count). The molecular weight excluding hydrogens is 469 g/mol. The number of rotatable bonds is 3. The number of thiophene rings is 1. The predicted octanol–water partition coefficient (Wildman–Crippen LogP) is 6.67. The summed E-state index contributed by atoms with van der Waals surface area (Å²) in [5, 5.41) is 9.80. The lowest BCUT2D eigenvalue weighted by molar-refractivity contribution is -0.137. The highest BCUT2D eigenvalue weighted by atomic mass is 32.1. The number of aromatic nitrogens is 3. The molecule has 176 valence electrons. The molecule has 2 aromatic carbocycles. The number of fused-ring (bicyclic) bond motifs is 5. The molecule has 0 atom stereocenters. The van der Waals surface area contributed by atoms with Gasteiger partial charge in [0.05, 0.1) is 11.3 Å². The lowest BCUT2D eigenvalue weighted by atomic mass is 9.98. The molecule has 3 heterocycles. The number of benzene rings is 2. The van der Waals surface area contributed by atoms with E-state index in [4.69, 9.17) is 4.99 Å². The summed E-state index contributed by atoms with van der Waals surface area (Å²) < 4.78 is 40.5. The zero-order valence-electron chi connectivity index (χ0n) is 18.9. The summed E-state index contributed by atoms with van der Waals surface area (Å²) in [4.78, 5) is 6.41. The molecule has 0 amide bonds. The summed E-state index contributed by atoms with van der Waals surface area (Å²) in [5.74, 6) is 1.73. The van der Waals surface area contributed by atoms with Gasteiger partial charge in [0.2, 0.25) is 0 Å². The van der Waals surface area contributed by atoms with Crippen LogP contribution < -0.4 is 0 Å². The highest BCUT2D eigenvalue weighted by Gasteiger charge is 2.31. The van der Waals surface area contributed by atoms with Crippen LogP contribution in [0.5, 0.6) is 0 Å². The zero-order valence-corrected chi connectivity index (χ0v) is 19.7. The Morgan fingerprint density at radius 3 is 2.29 bits per heavy atom. The molecule has 0 saturated heterocycles. The number of aliphatic imine (C=N–C) groups is 1. The maximum Gasteiger partial charge on any atom is 0.416 e. The van der Waals surface area contributed by atoms with Gasteiger partial charge in [-0.2, -0.15) is 13.2 Å². The second-order valence-corrected chi connectivity index (χ2v) is 9.86. The molecule has 0 N–H and O–H groups in total. The van der Waals surface area contributed by atoms with E-state index in [9.17, 15) is 13.2 Å². The molecule has 8 heteroatoms. The average Bonchev–Trinajstić information content (AvgIpc) is 3.51. The fourth-order valence-electron chi connectivity index (χ4n) is 4.76. The van der Waals surface area contributed by atoms with Gasteiger partial charge in [0.15, 0.2) is 5.82 Å². The second-order valence-electron chi connectivity index (χ2n) is 8.78. The van der Waals surface area contributed by atoms with E-state index in [1.807, 2.05) is 42.5 Å². The summed E-state index contributed by atoms with van der Waals surface area (Å²) in [7, 11) is 0. The first-order chi connectivity index (χ1) is 16.9. The van der Waals surface area contributed by atoms with Gasteiger partial charge in [-0.25, -0.2) is 0 Å². The second kappa shape index (κ2) is 8.30. The maximum atomic E-state index is 12.8. The van der Waals surface area contributed by atoms with Gasteiger partial charge in [-0.1, -0.05) is 48.6 Å². The van der Waals surface area contributed by atoms with Crippen LogP contribution in [0.4, 0.5) is 13.2 Å². The molecule has 2 aliphatic rings. The van der Waals surface area contributed by atoms with Crippen molar-refractivity contribution in [3.8, 4) is 5.00 Å². The van der Waals surface area contributed by atoms with Crippen molar-refractivity contribution in [3.63, 3.8) is 0 Å². The Balaban J connectivity index is 1.31. The lowest BCUT2D eigenvalue weighted by Crippen LogP contribution is -2.08. The monoisotopic (exact) mass is 490 g/mol. The van der Waals surface area contributed by atoms with Crippen molar-refractivity contribution in [2.45, 2.75) is 38.9 Å². The minimum Gasteiger partial charge on any atom is -0.276 e. The summed E-state index contributed by atoms with van der Waals surface area (Å²) >= 11 is 1.83. The Kier molecular flexibility index (Phi) is 5.21. The molecule has 0 fully saturated rings. The molecule has 4 aromatic rings. The van der Waals surface area contributed by atoms with E-state index in [-0.39, 0.29) is 0 Å². The quantitative estimate of drug-likeness (QED) is 0.301. The molecule has 4 nitrogen and oxygen atoms in total. The first-order valence-corrected chi connectivity index (χ1v) is 12.3. The van der Waals surface area contributed by atoms with Crippen molar-refractivity contribution in [2.24, 2.45) is 4.99 Å². The van der Waals surface area contributed by atoms with E-state index in [2.05, 4.69) is 26.9 Å². The normalized spacial score (nSPS) is 15.0. The number of hydrogen-bond acceptors (Lipinski definition) is 4. The molecule has 0 bridgehead atoms. The molecule has 35 heavy (non-hydrogen) atoms. The van der Waals surface area contributed by atoms with E-state index < -0.39 is 11.7 Å². The van der Waals surface area contributed by atoms with E-state index in [1.54, 1.807) is 0 Å². The van der Waals surface area contributed by atoms with E-state index in [0.717, 1.165) is 58.5 Å². The number of hydrogen-bond donors (Lipinski definition) is 0. The first-order valence-electron chi connectivity index (χ1n) is 11.4. The van der Waals surface area contributed by atoms with Gasteiger partial charge < -0.3 is 0 Å². The third kappa shape index (κ3) is 3.91. The van der Waals surface area contributed by atoms with E-state index in [1.165, 1.54) is 34.6 Å². The van der Waals surface area contributed by atoms with Gasteiger partial charge in [-0.3, -0.25) is 9.56 Å². The number of nitrogens with zero attached hydrogens (tertiary/aromatic N) is 4. The van der Waals surface area contributed by atoms with E-state index in [0.29, 0.717) is 12.1 Å². The Morgan fingerprint density at radius 2 is 1.60 bits per heavy atom. The largest absolute Gasteiger partial charge is 0.416 e. The Hall–Kier alpha value is -3.52. The molecule has 0 unspecified atom stereocenters. The van der Waals surface area contributed by atoms with Crippen molar-refractivity contribution < 1.29 is 13.2 Å². The summed E-state index contributed by atoms with van der Waals surface area (Å²) in [6.07, 6.45) is 2.73. The van der Waals surface area contributed by atoms with E-state index >= 15 is 0 Å². The van der Waals surface area contributed by atoms with Gasteiger partial charge in [0.1, 0.15) is 17.4 Å². The average molecular weight is 491 g/mol.